The summed E-state index contributed by atoms with van der Waals surface area (Å²) in [6.45, 7) is 7.35. The first-order valence-electron chi connectivity index (χ1n) is 8.93. The Labute approximate surface area is 159 Å². The van der Waals surface area contributed by atoms with Gasteiger partial charge in [0.2, 0.25) is 11.8 Å². The molecule has 27 heavy (non-hydrogen) atoms. The molecule has 2 amide bonds. The largest absolute Gasteiger partial charge is 0.346 e. The Morgan fingerprint density at radius 1 is 1.00 bits per heavy atom. The molecule has 0 fully saturated rings. The highest BCUT2D eigenvalue weighted by Gasteiger charge is 2.17. The summed E-state index contributed by atoms with van der Waals surface area (Å²) in [7, 11) is 0. The van der Waals surface area contributed by atoms with Gasteiger partial charge in [-0.05, 0) is 56.5 Å². The number of carbonyl (C=O) groups is 2. The van der Waals surface area contributed by atoms with Crippen LogP contribution in [0.2, 0.25) is 0 Å². The van der Waals surface area contributed by atoms with Gasteiger partial charge in [-0.15, -0.1) is 0 Å². The van der Waals surface area contributed by atoms with Crippen LogP contribution in [0.3, 0.4) is 0 Å². The topological polar surface area (TPSA) is 70.2 Å². The number of aryl methyl sites for hydroxylation is 2. The van der Waals surface area contributed by atoms with E-state index in [9.17, 15) is 14.0 Å². The van der Waals surface area contributed by atoms with Crippen molar-refractivity contribution in [1.29, 1.82) is 0 Å². The molecule has 2 atom stereocenters. The molecule has 0 saturated carbocycles. The summed E-state index contributed by atoms with van der Waals surface area (Å²) in [4.78, 5) is 24.4. The van der Waals surface area contributed by atoms with Crippen LogP contribution < -0.4 is 16.0 Å². The number of halogens is 1. The number of rotatable bonds is 7. The van der Waals surface area contributed by atoms with E-state index >= 15 is 0 Å². The second-order valence-electron chi connectivity index (χ2n) is 6.69. The van der Waals surface area contributed by atoms with Crippen LogP contribution >= 0.6 is 0 Å². The third-order valence-corrected chi connectivity index (χ3v) is 4.43. The summed E-state index contributed by atoms with van der Waals surface area (Å²) in [6, 6.07) is 11.3. The minimum atomic E-state index is -0.502. The van der Waals surface area contributed by atoms with E-state index in [0.717, 1.165) is 22.4 Å². The van der Waals surface area contributed by atoms with E-state index in [0.29, 0.717) is 0 Å². The molecule has 0 unspecified atom stereocenters. The molecule has 5 nitrogen and oxygen atoms in total. The van der Waals surface area contributed by atoms with E-state index in [1.54, 1.807) is 19.1 Å². The number of hydrogen-bond donors (Lipinski definition) is 3. The van der Waals surface area contributed by atoms with Crippen LogP contribution in [0.15, 0.2) is 42.5 Å². The predicted octanol–water partition coefficient (Wildman–Crippen LogP) is 3.24. The SMILES string of the molecule is Cc1cccc(C)c1NC(=O)CNC(=O)[C@@H](C)N[C@@H](C)c1ccc(F)cc1. The molecule has 0 aliphatic rings. The summed E-state index contributed by atoms with van der Waals surface area (Å²) in [5.74, 6) is -0.855. The normalized spacial score (nSPS) is 12.9. The zero-order valence-electron chi connectivity index (χ0n) is 16.1. The number of benzene rings is 2. The van der Waals surface area contributed by atoms with Crippen molar-refractivity contribution >= 4 is 17.5 Å². The lowest BCUT2D eigenvalue weighted by Crippen LogP contribution is -2.45. The molecule has 6 heteroatoms. The Balaban J connectivity index is 1.83. The Hall–Kier alpha value is -2.73. The first-order chi connectivity index (χ1) is 12.8. The molecule has 0 aliphatic heterocycles. The highest BCUT2D eigenvalue weighted by molar-refractivity contribution is 5.96. The molecule has 2 aromatic rings. The molecule has 0 saturated heterocycles. The van der Waals surface area contributed by atoms with Crippen LogP contribution in [0.5, 0.6) is 0 Å². The van der Waals surface area contributed by atoms with Crippen molar-refractivity contribution in [3.05, 3.63) is 65.0 Å². The lowest BCUT2D eigenvalue weighted by Gasteiger charge is -2.20. The van der Waals surface area contributed by atoms with Crippen LogP contribution in [-0.2, 0) is 9.59 Å². The Bertz CT molecular complexity index is 785. The summed E-state index contributed by atoms with van der Waals surface area (Å²) in [5, 5.41) is 8.61. The predicted molar refractivity (Wildman–Crippen MR) is 105 cm³/mol. The van der Waals surface area contributed by atoms with Crippen LogP contribution in [0, 0.1) is 19.7 Å². The van der Waals surface area contributed by atoms with E-state index < -0.39 is 6.04 Å². The number of para-hydroxylation sites is 1. The molecule has 2 aromatic carbocycles. The van der Waals surface area contributed by atoms with Gasteiger partial charge in [-0.1, -0.05) is 30.3 Å². The van der Waals surface area contributed by atoms with Crippen LogP contribution in [0.25, 0.3) is 0 Å². The molecule has 0 bridgehead atoms. The fraction of sp³-hybridized carbons (Fsp3) is 0.333. The fourth-order valence-corrected chi connectivity index (χ4v) is 2.81. The van der Waals surface area contributed by atoms with Gasteiger partial charge >= 0.3 is 0 Å². The van der Waals surface area contributed by atoms with Crippen molar-refractivity contribution in [2.45, 2.75) is 39.8 Å². The molecular weight excluding hydrogens is 345 g/mol. The van der Waals surface area contributed by atoms with Crippen molar-refractivity contribution in [1.82, 2.24) is 10.6 Å². The smallest absolute Gasteiger partial charge is 0.243 e. The molecule has 144 valence electrons. The first kappa shape index (κ1) is 20.6. The number of carbonyl (C=O) groups excluding carboxylic acids is 2. The van der Waals surface area contributed by atoms with Crippen LogP contribution in [0.4, 0.5) is 10.1 Å². The zero-order valence-corrected chi connectivity index (χ0v) is 16.1. The second-order valence-corrected chi connectivity index (χ2v) is 6.69. The number of nitrogens with one attached hydrogen (secondary N) is 3. The minimum absolute atomic E-state index is 0.108. The van der Waals surface area contributed by atoms with Gasteiger partial charge in [0.15, 0.2) is 0 Å². The van der Waals surface area contributed by atoms with E-state index in [4.69, 9.17) is 0 Å². The Morgan fingerprint density at radius 2 is 1.59 bits per heavy atom. The molecule has 0 heterocycles. The first-order valence-corrected chi connectivity index (χ1v) is 8.93. The van der Waals surface area contributed by atoms with E-state index in [2.05, 4.69) is 16.0 Å². The third kappa shape index (κ3) is 5.89. The maximum atomic E-state index is 13.0. The Kier molecular flexibility index (Phi) is 7.07. The standard InChI is InChI=1S/C21H26FN3O2/c1-13-6-5-7-14(2)20(13)25-19(26)12-23-21(27)16(4)24-15(3)17-8-10-18(22)11-9-17/h5-11,15-16,24H,12H2,1-4H3,(H,23,27)(H,25,26)/t15-,16+/m0/s1. The molecule has 3 N–H and O–H groups in total. The summed E-state index contributed by atoms with van der Waals surface area (Å²) in [5.41, 5.74) is 3.59. The average Bonchev–Trinajstić information content (AvgIpc) is 2.63. The quantitative estimate of drug-likeness (QED) is 0.700. The van der Waals surface area contributed by atoms with Crippen molar-refractivity contribution in [3.63, 3.8) is 0 Å². The molecule has 0 aromatic heterocycles. The Morgan fingerprint density at radius 3 is 2.19 bits per heavy atom. The van der Waals surface area contributed by atoms with Gasteiger partial charge in [0, 0.05) is 11.7 Å². The van der Waals surface area contributed by atoms with Crippen molar-refractivity contribution < 1.29 is 14.0 Å². The summed E-state index contributed by atoms with van der Waals surface area (Å²) >= 11 is 0. The van der Waals surface area contributed by atoms with Gasteiger partial charge in [0.1, 0.15) is 5.82 Å². The lowest BCUT2D eigenvalue weighted by molar-refractivity contribution is -0.125. The maximum absolute atomic E-state index is 13.0. The van der Waals surface area contributed by atoms with Crippen molar-refractivity contribution in [2.24, 2.45) is 0 Å². The summed E-state index contributed by atoms with van der Waals surface area (Å²) < 4.78 is 13.0. The zero-order chi connectivity index (χ0) is 20.0. The fourth-order valence-electron chi connectivity index (χ4n) is 2.81. The highest BCUT2D eigenvalue weighted by atomic mass is 19.1. The maximum Gasteiger partial charge on any atom is 0.243 e. The van der Waals surface area contributed by atoms with Gasteiger partial charge < -0.3 is 10.6 Å². The van der Waals surface area contributed by atoms with Gasteiger partial charge in [-0.25, -0.2) is 4.39 Å². The van der Waals surface area contributed by atoms with E-state index in [-0.39, 0.29) is 30.2 Å². The van der Waals surface area contributed by atoms with Gasteiger partial charge in [-0.2, -0.15) is 0 Å². The van der Waals surface area contributed by atoms with Gasteiger partial charge in [0.05, 0.1) is 12.6 Å². The molecular formula is C21H26FN3O2. The minimum Gasteiger partial charge on any atom is -0.346 e. The van der Waals surface area contributed by atoms with Crippen molar-refractivity contribution in [3.8, 4) is 0 Å². The van der Waals surface area contributed by atoms with E-state index in [1.165, 1.54) is 12.1 Å². The summed E-state index contributed by atoms with van der Waals surface area (Å²) in [6.07, 6.45) is 0. The average molecular weight is 371 g/mol. The third-order valence-electron chi connectivity index (χ3n) is 4.43. The number of hydrogen-bond acceptors (Lipinski definition) is 3. The monoisotopic (exact) mass is 371 g/mol. The lowest BCUT2D eigenvalue weighted by atomic mass is 10.1. The van der Waals surface area contributed by atoms with Crippen LogP contribution in [-0.4, -0.2) is 24.4 Å². The molecule has 0 spiro atoms. The van der Waals surface area contributed by atoms with Crippen molar-refractivity contribution in [2.75, 3.05) is 11.9 Å². The number of anilines is 1. The molecule has 0 aliphatic carbocycles. The molecule has 2 rings (SSSR count). The molecule has 0 radical (unpaired) electrons. The van der Waals surface area contributed by atoms with E-state index in [1.807, 2.05) is 39.0 Å². The second kappa shape index (κ2) is 9.28. The highest BCUT2D eigenvalue weighted by Crippen LogP contribution is 2.19. The van der Waals surface area contributed by atoms with Gasteiger partial charge in [-0.3, -0.25) is 14.9 Å². The van der Waals surface area contributed by atoms with Crippen LogP contribution in [0.1, 0.15) is 36.6 Å². The van der Waals surface area contributed by atoms with Gasteiger partial charge in [0.25, 0.3) is 0 Å². The number of amides is 2.